The number of methoxy groups -OCH3 is 2. The number of pyridine rings is 1. The standard InChI is InChI=1S/C29H35N5O7/c1-5-41-28(37)20-16-31-24(30-15-18-6-7-19(38-3)13-23(18)39-4)14-21(20)32-22-12-17(2)25-26(35)33-29(34(25)27(22)36)8-10-40-11-9-29/h6-7,13-14,16,22H,5,8-12,15H2,1-4H3,(H,33,35)(H2,30,31,32). The van der Waals surface area contributed by atoms with Gasteiger partial charge in [0.25, 0.3) is 11.8 Å². The normalized spacial score (nSPS) is 19.5. The fraction of sp³-hybridized carbons (Fsp3) is 0.448. The number of fused-ring (bicyclic) bond motifs is 2. The zero-order valence-corrected chi connectivity index (χ0v) is 23.7. The molecule has 218 valence electrons. The van der Waals surface area contributed by atoms with Crippen molar-refractivity contribution < 1.29 is 33.3 Å². The van der Waals surface area contributed by atoms with Gasteiger partial charge in [-0.15, -0.1) is 0 Å². The van der Waals surface area contributed by atoms with E-state index in [1.165, 1.54) is 6.20 Å². The highest BCUT2D eigenvalue weighted by molar-refractivity contribution is 6.05. The van der Waals surface area contributed by atoms with Gasteiger partial charge in [-0.3, -0.25) is 14.5 Å². The average molecular weight is 566 g/mol. The molecule has 1 unspecified atom stereocenters. The van der Waals surface area contributed by atoms with Gasteiger partial charge < -0.3 is 34.9 Å². The van der Waals surface area contributed by atoms with Crippen LogP contribution in [0.4, 0.5) is 11.5 Å². The zero-order chi connectivity index (χ0) is 29.1. The molecule has 2 fully saturated rings. The number of anilines is 2. The summed E-state index contributed by atoms with van der Waals surface area (Å²) in [5.41, 5.74) is 1.87. The molecular weight excluding hydrogens is 530 g/mol. The predicted molar refractivity (Wildman–Crippen MR) is 150 cm³/mol. The summed E-state index contributed by atoms with van der Waals surface area (Å²) in [7, 11) is 3.18. The average Bonchev–Trinajstić information content (AvgIpc) is 3.26. The Balaban J connectivity index is 1.42. The van der Waals surface area contributed by atoms with Crippen LogP contribution in [0, 0.1) is 0 Å². The van der Waals surface area contributed by atoms with Crippen LogP contribution >= 0.6 is 0 Å². The van der Waals surface area contributed by atoms with Crippen molar-refractivity contribution in [2.75, 3.05) is 44.7 Å². The Morgan fingerprint density at radius 1 is 1.20 bits per heavy atom. The van der Waals surface area contributed by atoms with Crippen molar-refractivity contribution in [2.24, 2.45) is 0 Å². The number of benzene rings is 1. The van der Waals surface area contributed by atoms with E-state index >= 15 is 0 Å². The van der Waals surface area contributed by atoms with Crippen LogP contribution in [0.25, 0.3) is 0 Å². The lowest BCUT2D eigenvalue weighted by Crippen LogP contribution is -2.60. The maximum atomic E-state index is 13.9. The van der Waals surface area contributed by atoms with E-state index in [-0.39, 0.29) is 24.0 Å². The van der Waals surface area contributed by atoms with E-state index < -0.39 is 17.7 Å². The Labute approximate surface area is 238 Å². The summed E-state index contributed by atoms with van der Waals surface area (Å²) >= 11 is 0. The number of nitrogens with one attached hydrogen (secondary N) is 3. The van der Waals surface area contributed by atoms with Crippen LogP contribution in [0.3, 0.4) is 0 Å². The minimum Gasteiger partial charge on any atom is -0.497 e. The molecule has 0 bridgehead atoms. The first-order valence-corrected chi connectivity index (χ1v) is 13.6. The predicted octanol–water partition coefficient (Wildman–Crippen LogP) is 2.81. The number of rotatable bonds is 9. The van der Waals surface area contributed by atoms with Crippen LogP contribution in [0.15, 0.2) is 41.7 Å². The number of ether oxygens (including phenoxy) is 4. The Kier molecular flexibility index (Phi) is 8.02. The molecule has 1 aromatic heterocycles. The van der Waals surface area contributed by atoms with Crippen molar-refractivity contribution in [1.82, 2.24) is 15.2 Å². The van der Waals surface area contributed by atoms with E-state index in [4.69, 9.17) is 18.9 Å². The lowest BCUT2D eigenvalue weighted by molar-refractivity contribution is -0.139. The van der Waals surface area contributed by atoms with Gasteiger partial charge in [0, 0.05) is 43.3 Å². The molecule has 3 aliphatic heterocycles. The van der Waals surface area contributed by atoms with E-state index in [1.54, 1.807) is 38.2 Å². The lowest BCUT2D eigenvalue weighted by atomic mass is 9.93. The third kappa shape index (κ3) is 5.39. The quantitative estimate of drug-likeness (QED) is 0.389. The molecule has 1 atom stereocenters. The molecule has 2 amide bonds. The number of esters is 1. The second kappa shape index (κ2) is 11.7. The summed E-state index contributed by atoms with van der Waals surface area (Å²) < 4.78 is 21.5. The van der Waals surface area contributed by atoms with Gasteiger partial charge in [0.1, 0.15) is 40.3 Å². The van der Waals surface area contributed by atoms with Gasteiger partial charge in [0.2, 0.25) is 0 Å². The molecule has 0 saturated carbocycles. The largest absolute Gasteiger partial charge is 0.497 e. The van der Waals surface area contributed by atoms with Gasteiger partial charge >= 0.3 is 5.97 Å². The minimum atomic E-state index is -0.810. The summed E-state index contributed by atoms with van der Waals surface area (Å²) in [5.74, 6) is 0.772. The first-order valence-electron chi connectivity index (χ1n) is 13.6. The molecule has 12 nitrogen and oxygen atoms in total. The van der Waals surface area contributed by atoms with Crippen molar-refractivity contribution in [3.63, 3.8) is 0 Å². The fourth-order valence-electron chi connectivity index (χ4n) is 5.58. The summed E-state index contributed by atoms with van der Waals surface area (Å²) in [6.07, 6.45) is 2.73. The van der Waals surface area contributed by atoms with Crippen molar-refractivity contribution >= 4 is 29.3 Å². The van der Waals surface area contributed by atoms with Crippen LogP contribution in [0.1, 0.15) is 49.0 Å². The minimum absolute atomic E-state index is 0.190. The smallest absolute Gasteiger partial charge is 0.341 e. The first kappa shape index (κ1) is 28.2. The summed E-state index contributed by atoms with van der Waals surface area (Å²) in [4.78, 5) is 45.7. The molecule has 1 aromatic carbocycles. The van der Waals surface area contributed by atoms with Crippen LogP contribution in [0.2, 0.25) is 0 Å². The molecule has 0 aliphatic carbocycles. The van der Waals surface area contributed by atoms with Gasteiger partial charge in [0.05, 0.1) is 39.7 Å². The van der Waals surface area contributed by atoms with Gasteiger partial charge in [-0.05, 0) is 38.0 Å². The first-order chi connectivity index (χ1) is 19.8. The van der Waals surface area contributed by atoms with Crippen molar-refractivity contribution in [3.05, 3.63) is 52.9 Å². The number of aromatic nitrogens is 1. The van der Waals surface area contributed by atoms with E-state index in [9.17, 15) is 14.4 Å². The van der Waals surface area contributed by atoms with Gasteiger partial charge in [0.15, 0.2) is 0 Å². The number of hydrogen-bond acceptors (Lipinski definition) is 10. The third-order valence-corrected chi connectivity index (χ3v) is 7.65. The maximum Gasteiger partial charge on any atom is 0.341 e. The van der Waals surface area contributed by atoms with Crippen molar-refractivity contribution in [1.29, 1.82) is 0 Å². The second-order valence-electron chi connectivity index (χ2n) is 10.2. The molecule has 3 aliphatic rings. The molecule has 0 radical (unpaired) electrons. The van der Waals surface area contributed by atoms with E-state index in [2.05, 4.69) is 20.9 Å². The molecule has 12 heteroatoms. The molecule has 4 heterocycles. The molecule has 1 spiro atoms. The van der Waals surface area contributed by atoms with Gasteiger partial charge in [-0.2, -0.15) is 0 Å². The maximum absolute atomic E-state index is 13.9. The lowest BCUT2D eigenvalue weighted by Gasteiger charge is -2.43. The van der Waals surface area contributed by atoms with Crippen LogP contribution < -0.4 is 25.4 Å². The van der Waals surface area contributed by atoms with Gasteiger partial charge in [-0.1, -0.05) is 0 Å². The number of nitrogens with zero attached hydrogens (tertiary/aromatic N) is 2. The molecule has 2 saturated heterocycles. The van der Waals surface area contributed by atoms with Crippen LogP contribution in [-0.4, -0.2) is 73.4 Å². The fourth-order valence-corrected chi connectivity index (χ4v) is 5.58. The van der Waals surface area contributed by atoms with Crippen molar-refractivity contribution in [2.45, 2.75) is 51.4 Å². The van der Waals surface area contributed by atoms with E-state index in [1.807, 2.05) is 19.1 Å². The highest BCUT2D eigenvalue weighted by Gasteiger charge is 2.55. The molecule has 5 rings (SSSR count). The Morgan fingerprint density at radius 3 is 2.68 bits per heavy atom. The highest BCUT2D eigenvalue weighted by Crippen LogP contribution is 2.40. The van der Waals surface area contributed by atoms with Crippen molar-refractivity contribution in [3.8, 4) is 11.5 Å². The second-order valence-corrected chi connectivity index (χ2v) is 10.2. The van der Waals surface area contributed by atoms with Crippen LogP contribution in [0.5, 0.6) is 11.5 Å². The number of hydrogen-bond donors (Lipinski definition) is 3. The summed E-state index contributed by atoms with van der Waals surface area (Å²) in [6, 6.07) is 6.49. The van der Waals surface area contributed by atoms with E-state index in [0.29, 0.717) is 67.7 Å². The molecule has 41 heavy (non-hydrogen) atoms. The third-order valence-electron chi connectivity index (χ3n) is 7.65. The number of amides is 2. The Bertz CT molecular complexity index is 1390. The van der Waals surface area contributed by atoms with Gasteiger partial charge in [-0.25, -0.2) is 9.78 Å². The zero-order valence-electron chi connectivity index (χ0n) is 23.7. The monoisotopic (exact) mass is 565 g/mol. The molecular formula is C29H35N5O7. The Morgan fingerprint density at radius 2 is 1.98 bits per heavy atom. The van der Waals surface area contributed by atoms with E-state index in [0.717, 1.165) is 11.1 Å². The topological polar surface area (TPSA) is 140 Å². The number of carbonyl (C=O) groups excluding carboxylic acids is 3. The SMILES string of the molecule is CCOC(=O)c1cnc(NCc2ccc(OC)cc2OC)cc1NC1CC(C)=C2C(=O)NC3(CCOCC3)N2C1=O. The van der Waals surface area contributed by atoms with Crippen LogP contribution in [-0.2, 0) is 25.6 Å². The summed E-state index contributed by atoms with van der Waals surface area (Å²) in [6.45, 7) is 5.05. The summed E-state index contributed by atoms with van der Waals surface area (Å²) in [5, 5.41) is 9.59. The molecule has 3 N–H and O–H groups in total. The molecule has 2 aromatic rings. The Hall–Kier alpha value is -4.32. The highest BCUT2D eigenvalue weighted by atomic mass is 16.5. The number of carbonyl (C=O) groups is 3.